The molecule has 1 aromatic heterocycles. The highest BCUT2D eigenvalue weighted by Crippen LogP contribution is 2.32. The molecule has 2 aromatic rings. The lowest BCUT2D eigenvalue weighted by Crippen LogP contribution is -2.20. The Bertz CT molecular complexity index is 454. The number of benzene rings is 1. The van der Waals surface area contributed by atoms with E-state index in [4.69, 9.17) is 4.42 Å². The van der Waals surface area contributed by atoms with Crippen LogP contribution in [0, 0.1) is 0 Å². The van der Waals surface area contributed by atoms with E-state index in [1.807, 2.05) is 18.4 Å². The largest absolute Gasteiger partial charge is 0.464 e. The van der Waals surface area contributed by atoms with Gasteiger partial charge in [-0.2, -0.15) is 0 Å². The number of furan rings is 1. The van der Waals surface area contributed by atoms with E-state index >= 15 is 0 Å². The van der Waals surface area contributed by atoms with Gasteiger partial charge in [0.05, 0.1) is 6.26 Å². The Labute approximate surface area is 89.3 Å². The summed E-state index contributed by atoms with van der Waals surface area (Å²) in [6.45, 7) is 2.01. The predicted molar refractivity (Wildman–Crippen MR) is 60.1 cm³/mol. The van der Waals surface area contributed by atoms with Gasteiger partial charge in [0.15, 0.2) is 0 Å². The first-order chi connectivity index (χ1) is 7.45. The Morgan fingerprint density at radius 1 is 1.13 bits per heavy atom. The molecular formula is C13H14NO. The molecule has 1 fully saturated rings. The van der Waals surface area contributed by atoms with Gasteiger partial charge in [0.1, 0.15) is 5.58 Å². The summed E-state index contributed by atoms with van der Waals surface area (Å²) in [6, 6.07) is 8.28. The van der Waals surface area contributed by atoms with E-state index < -0.39 is 0 Å². The molecule has 1 saturated heterocycles. The summed E-state index contributed by atoms with van der Waals surface area (Å²) in [5.74, 6) is 0.645. The molecule has 1 radical (unpaired) electrons. The number of hydrogen-bond acceptors (Lipinski definition) is 1. The average molecular weight is 200 g/mol. The third-order valence-electron chi connectivity index (χ3n) is 3.22. The number of piperidine rings is 1. The number of rotatable bonds is 1. The molecule has 0 amide bonds. The first kappa shape index (κ1) is 8.98. The summed E-state index contributed by atoms with van der Waals surface area (Å²) in [6.07, 6.45) is 4.27. The third kappa shape index (κ3) is 1.55. The predicted octanol–water partition coefficient (Wildman–Crippen LogP) is 2.91. The van der Waals surface area contributed by atoms with Gasteiger partial charge in [-0.3, -0.25) is 0 Å². The van der Waals surface area contributed by atoms with E-state index in [0.717, 1.165) is 18.7 Å². The van der Waals surface area contributed by atoms with Crippen LogP contribution < -0.4 is 5.32 Å². The molecule has 15 heavy (non-hydrogen) atoms. The van der Waals surface area contributed by atoms with Crippen LogP contribution in [-0.4, -0.2) is 13.1 Å². The molecular weight excluding hydrogens is 186 g/mol. The van der Waals surface area contributed by atoms with Gasteiger partial charge in [0, 0.05) is 24.0 Å². The highest BCUT2D eigenvalue weighted by atomic mass is 16.3. The number of hydrogen-bond donors (Lipinski definition) is 0. The second kappa shape index (κ2) is 3.70. The SMILES string of the molecule is c1ccc2c(C3CC[N]CC3)coc2c1. The van der Waals surface area contributed by atoms with Crippen LogP contribution in [-0.2, 0) is 0 Å². The fraction of sp³-hybridized carbons (Fsp3) is 0.385. The molecule has 0 bridgehead atoms. The lowest BCUT2D eigenvalue weighted by Gasteiger charge is -2.20. The highest BCUT2D eigenvalue weighted by molar-refractivity contribution is 5.81. The molecule has 0 saturated carbocycles. The van der Waals surface area contributed by atoms with Crippen molar-refractivity contribution < 1.29 is 4.42 Å². The second-order valence-electron chi connectivity index (χ2n) is 4.13. The lowest BCUT2D eigenvalue weighted by molar-refractivity contribution is 0.451. The molecule has 0 unspecified atom stereocenters. The smallest absolute Gasteiger partial charge is 0.134 e. The van der Waals surface area contributed by atoms with Crippen LogP contribution in [0.4, 0.5) is 0 Å². The summed E-state index contributed by atoms with van der Waals surface area (Å²) in [4.78, 5) is 0. The van der Waals surface area contributed by atoms with Gasteiger partial charge in [-0.1, -0.05) is 18.2 Å². The quantitative estimate of drug-likeness (QED) is 0.695. The maximum atomic E-state index is 5.57. The summed E-state index contributed by atoms with van der Waals surface area (Å²) >= 11 is 0. The summed E-state index contributed by atoms with van der Waals surface area (Å²) in [5.41, 5.74) is 2.38. The van der Waals surface area contributed by atoms with E-state index in [2.05, 4.69) is 17.4 Å². The summed E-state index contributed by atoms with van der Waals surface area (Å²) in [5, 5.41) is 5.67. The minimum Gasteiger partial charge on any atom is -0.464 e. The summed E-state index contributed by atoms with van der Waals surface area (Å²) in [7, 11) is 0. The third-order valence-corrected chi connectivity index (χ3v) is 3.22. The van der Waals surface area contributed by atoms with Crippen LogP contribution in [0.25, 0.3) is 11.0 Å². The first-order valence-corrected chi connectivity index (χ1v) is 5.54. The Balaban J connectivity index is 2.02. The van der Waals surface area contributed by atoms with Gasteiger partial charge < -0.3 is 4.42 Å². The molecule has 1 aromatic carbocycles. The molecule has 1 aliphatic heterocycles. The van der Waals surface area contributed by atoms with Gasteiger partial charge in [-0.15, -0.1) is 0 Å². The van der Waals surface area contributed by atoms with Crippen LogP contribution in [0.2, 0.25) is 0 Å². The van der Waals surface area contributed by atoms with Crippen LogP contribution in [0.15, 0.2) is 34.9 Å². The van der Waals surface area contributed by atoms with E-state index in [0.29, 0.717) is 5.92 Å². The van der Waals surface area contributed by atoms with E-state index in [9.17, 15) is 0 Å². The van der Waals surface area contributed by atoms with Crippen LogP contribution >= 0.6 is 0 Å². The zero-order valence-electron chi connectivity index (χ0n) is 8.65. The van der Waals surface area contributed by atoms with Crippen molar-refractivity contribution in [2.45, 2.75) is 18.8 Å². The van der Waals surface area contributed by atoms with Crippen LogP contribution in [0.3, 0.4) is 0 Å². The van der Waals surface area contributed by atoms with Crippen LogP contribution in [0.5, 0.6) is 0 Å². The maximum Gasteiger partial charge on any atom is 0.134 e. The fourth-order valence-corrected chi connectivity index (χ4v) is 2.38. The minimum absolute atomic E-state index is 0.645. The molecule has 0 atom stereocenters. The molecule has 2 nitrogen and oxygen atoms in total. The average Bonchev–Trinajstić information content (AvgIpc) is 2.74. The molecule has 0 spiro atoms. The zero-order chi connectivity index (χ0) is 10.1. The van der Waals surface area contributed by atoms with Crippen molar-refractivity contribution in [2.75, 3.05) is 13.1 Å². The molecule has 2 heterocycles. The lowest BCUT2D eigenvalue weighted by atomic mass is 9.90. The molecule has 2 heteroatoms. The minimum atomic E-state index is 0.645. The van der Waals surface area contributed by atoms with Crippen LogP contribution in [0.1, 0.15) is 24.3 Å². The van der Waals surface area contributed by atoms with Gasteiger partial charge in [-0.05, 0) is 24.8 Å². The van der Waals surface area contributed by atoms with Crippen molar-refractivity contribution in [3.8, 4) is 0 Å². The Morgan fingerprint density at radius 2 is 1.93 bits per heavy atom. The molecule has 0 aliphatic carbocycles. The van der Waals surface area contributed by atoms with Crippen molar-refractivity contribution >= 4 is 11.0 Å². The molecule has 3 rings (SSSR count). The Hall–Kier alpha value is -1.28. The van der Waals surface area contributed by atoms with Crippen molar-refractivity contribution in [2.24, 2.45) is 0 Å². The van der Waals surface area contributed by atoms with Crippen molar-refractivity contribution in [1.82, 2.24) is 5.32 Å². The molecule has 1 aliphatic rings. The topological polar surface area (TPSA) is 27.2 Å². The normalized spacial score (nSPS) is 18.4. The fourth-order valence-electron chi connectivity index (χ4n) is 2.38. The van der Waals surface area contributed by atoms with E-state index in [1.54, 1.807) is 0 Å². The van der Waals surface area contributed by atoms with Gasteiger partial charge in [0.2, 0.25) is 0 Å². The van der Waals surface area contributed by atoms with Crippen molar-refractivity contribution in [3.63, 3.8) is 0 Å². The Kier molecular flexibility index (Phi) is 2.22. The zero-order valence-corrected chi connectivity index (χ0v) is 8.65. The number of para-hydroxylation sites is 1. The molecule has 0 N–H and O–H groups in total. The van der Waals surface area contributed by atoms with Crippen molar-refractivity contribution in [1.29, 1.82) is 0 Å². The highest BCUT2D eigenvalue weighted by Gasteiger charge is 2.19. The van der Waals surface area contributed by atoms with E-state index in [-0.39, 0.29) is 0 Å². The van der Waals surface area contributed by atoms with Gasteiger partial charge in [0.25, 0.3) is 0 Å². The first-order valence-electron chi connectivity index (χ1n) is 5.54. The van der Waals surface area contributed by atoms with E-state index in [1.165, 1.54) is 23.8 Å². The number of nitrogens with zero attached hydrogens (tertiary/aromatic N) is 1. The van der Waals surface area contributed by atoms with Crippen molar-refractivity contribution in [3.05, 3.63) is 36.1 Å². The van der Waals surface area contributed by atoms with Gasteiger partial charge in [-0.25, -0.2) is 5.32 Å². The molecule has 77 valence electrons. The van der Waals surface area contributed by atoms with Gasteiger partial charge >= 0.3 is 0 Å². The Morgan fingerprint density at radius 3 is 2.80 bits per heavy atom. The monoisotopic (exact) mass is 200 g/mol. The summed E-state index contributed by atoms with van der Waals surface area (Å²) < 4.78 is 5.57. The second-order valence-corrected chi connectivity index (χ2v) is 4.13. The standard InChI is InChI=1S/C13H14NO/c1-2-4-13-11(3-1)12(9-15-13)10-5-7-14-8-6-10/h1-4,9-10H,5-8H2. The number of fused-ring (bicyclic) bond motifs is 1. The maximum absolute atomic E-state index is 5.57.